The highest BCUT2D eigenvalue weighted by Gasteiger charge is 2.16. The monoisotopic (exact) mass is 169 g/mol. The predicted molar refractivity (Wildman–Crippen MR) is 41.8 cm³/mol. The summed E-state index contributed by atoms with van der Waals surface area (Å²) in [5.74, 6) is -1.76. The zero-order chi connectivity index (χ0) is 9.30. The highest BCUT2D eigenvalue weighted by molar-refractivity contribution is 5.90. The van der Waals surface area contributed by atoms with Gasteiger partial charge in [0.25, 0.3) is 0 Å². The van der Waals surface area contributed by atoms with Gasteiger partial charge in [0.05, 0.1) is 11.3 Å². The van der Waals surface area contributed by atoms with Crippen molar-refractivity contribution in [2.24, 2.45) is 0 Å². The zero-order valence-corrected chi connectivity index (χ0v) is 6.54. The number of carboxylic acids is 1. The summed E-state index contributed by atoms with van der Waals surface area (Å²) in [5.41, 5.74) is 0.0856. The van der Waals surface area contributed by atoms with Crippen molar-refractivity contribution in [1.29, 1.82) is 0 Å². The van der Waals surface area contributed by atoms with E-state index in [9.17, 15) is 9.18 Å². The zero-order valence-electron chi connectivity index (χ0n) is 6.54. The number of nitrogens with zero attached hydrogens (tertiary/aromatic N) is 1. The minimum absolute atomic E-state index is 0.0811. The van der Waals surface area contributed by atoms with Crippen molar-refractivity contribution in [3.63, 3.8) is 0 Å². The molecule has 0 amide bonds. The maximum absolute atomic E-state index is 12.9. The summed E-state index contributed by atoms with van der Waals surface area (Å²) in [7, 11) is 1.54. The van der Waals surface area contributed by atoms with Crippen LogP contribution in [-0.2, 0) is 4.79 Å². The van der Waals surface area contributed by atoms with Gasteiger partial charge >= 0.3 is 5.97 Å². The van der Waals surface area contributed by atoms with Gasteiger partial charge in [-0.25, -0.2) is 9.18 Å². The summed E-state index contributed by atoms with van der Waals surface area (Å²) in [4.78, 5) is 11.7. The Bertz CT molecular complexity index is 304. The summed E-state index contributed by atoms with van der Waals surface area (Å²) in [6.45, 7) is 3.42. The summed E-state index contributed by atoms with van der Waals surface area (Å²) in [6.07, 6.45) is 2.26. The second-order valence-electron chi connectivity index (χ2n) is 2.44. The minimum Gasteiger partial charge on any atom is -0.478 e. The van der Waals surface area contributed by atoms with E-state index < -0.39 is 11.8 Å². The molecule has 1 N–H and O–H groups in total. The molecule has 64 valence electrons. The number of likely N-dealkylation sites (N-methyl/N-ethyl adjacent to an activating group) is 1. The molecular weight excluding hydrogens is 161 g/mol. The van der Waals surface area contributed by atoms with Crippen LogP contribution in [0.4, 0.5) is 4.39 Å². The molecule has 0 aromatic carbocycles. The van der Waals surface area contributed by atoms with Gasteiger partial charge in [0.2, 0.25) is 0 Å². The van der Waals surface area contributed by atoms with Gasteiger partial charge in [-0.2, -0.15) is 0 Å². The van der Waals surface area contributed by atoms with E-state index in [4.69, 9.17) is 5.11 Å². The van der Waals surface area contributed by atoms with Crippen molar-refractivity contribution in [2.75, 3.05) is 7.05 Å². The van der Waals surface area contributed by atoms with Crippen molar-refractivity contribution < 1.29 is 14.3 Å². The van der Waals surface area contributed by atoms with Crippen LogP contribution in [0.5, 0.6) is 0 Å². The van der Waals surface area contributed by atoms with Crippen LogP contribution in [0.2, 0.25) is 0 Å². The molecule has 1 aliphatic rings. The smallest absolute Gasteiger partial charge is 0.337 e. The highest BCUT2D eigenvalue weighted by atomic mass is 19.1. The first-order valence-corrected chi connectivity index (χ1v) is 3.27. The van der Waals surface area contributed by atoms with Gasteiger partial charge in [-0.3, -0.25) is 0 Å². The number of rotatable bonds is 1. The van der Waals surface area contributed by atoms with E-state index in [1.165, 1.54) is 18.1 Å². The van der Waals surface area contributed by atoms with E-state index >= 15 is 0 Å². The molecule has 3 nitrogen and oxygen atoms in total. The van der Waals surface area contributed by atoms with Gasteiger partial charge in [-0.1, -0.05) is 6.58 Å². The van der Waals surface area contributed by atoms with E-state index in [-0.39, 0.29) is 11.3 Å². The molecule has 0 atom stereocenters. The van der Waals surface area contributed by atoms with Crippen LogP contribution in [0, 0.1) is 0 Å². The minimum atomic E-state index is -1.15. The van der Waals surface area contributed by atoms with E-state index in [0.29, 0.717) is 0 Å². The maximum Gasteiger partial charge on any atom is 0.337 e. The second kappa shape index (κ2) is 2.81. The molecule has 0 aromatic rings. The second-order valence-corrected chi connectivity index (χ2v) is 2.44. The Morgan fingerprint density at radius 1 is 1.75 bits per heavy atom. The molecule has 0 radical (unpaired) electrons. The Kier molecular flexibility index (Phi) is 1.99. The molecule has 0 aliphatic carbocycles. The summed E-state index contributed by atoms with van der Waals surface area (Å²) >= 11 is 0. The molecule has 1 heterocycles. The van der Waals surface area contributed by atoms with Crippen molar-refractivity contribution in [3.8, 4) is 0 Å². The van der Waals surface area contributed by atoms with Crippen molar-refractivity contribution in [2.45, 2.75) is 0 Å². The third-order valence-corrected chi connectivity index (χ3v) is 1.56. The number of carbonyl (C=O) groups is 1. The molecule has 0 saturated heterocycles. The first kappa shape index (κ1) is 8.52. The number of carboxylic acid groups (broad SMARTS) is 1. The lowest BCUT2D eigenvalue weighted by atomic mass is 10.2. The molecule has 4 heteroatoms. The Hall–Kier alpha value is -1.58. The van der Waals surface area contributed by atoms with E-state index in [2.05, 4.69) is 6.58 Å². The molecule has 0 spiro atoms. The lowest BCUT2D eigenvalue weighted by Gasteiger charge is -2.19. The number of aliphatic carboxylic acids is 1. The van der Waals surface area contributed by atoms with Crippen LogP contribution in [-0.4, -0.2) is 23.0 Å². The Balaban J connectivity index is 3.03. The van der Waals surface area contributed by atoms with E-state index in [1.54, 1.807) is 0 Å². The van der Waals surface area contributed by atoms with Crippen LogP contribution >= 0.6 is 0 Å². The molecule has 1 rings (SSSR count). The van der Waals surface area contributed by atoms with Crippen LogP contribution < -0.4 is 0 Å². The predicted octanol–water partition coefficient (Wildman–Crippen LogP) is 1.27. The quantitative estimate of drug-likeness (QED) is 0.642. The molecule has 0 unspecified atom stereocenters. The maximum atomic E-state index is 12.9. The molecule has 0 aromatic heterocycles. The molecule has 1 aliphatic heterocycles. The van der Waals surface area contributed by atoms with Crippen molar-refractivity contribution in [1.82, 2.24) is 4.90 Å². The summed E-state index contributed by atoms with van der Waals surface area (Å²) < 4.78 is 12.9. The van der Waals surface area contributed by atoms with Gasteiger partial charge in [0.15, 0.2) is 0 Å². The molecule has 0 fully saturated rings. The molecular formula is C8H8FNO2. The standard InChI is InChI=1S/C8H8FNO2/c1-5-7(9)3-6(8(11)12)4-10(5)2/h3-4H,1H2,2H3,(H,11,12). The van der Waals surface area contributed by atoms with E-state index in [0.717, 1.165) is 6.08 Å². The SMILES string of the molecule is C=C1C(F)=CC(C(=O)O)=CN1C. The van der Waals surface area contributed by atoms with Gasteiger partial charge in [-0.05, 0) is 6.08 Å². The van der Waals surface area contributed by atoms with Crippen molar-refractivity contribution >= 4 is 5.97 Å². The average Bonchev–Trinajstić information content (AvgIpc) is 1.99. The van der Waals surface area contributed by atoms with E-state index in [1.807, 2.05) is 0 Å². The fourth-order valence-corrected chi connectivity index (χ4v) is 0.829. The lowest BCUT2D eigenvalue weighted by Crippen LogP contribution is -2.17. The summed E-state index contributed by atoms with van der Waals surface area (Å²) in [5, 5.41) is 8.52. The van der Waals surface area contributed by atoms with Gasteiger partial charge in [0, 0.05) is 13.2 Å². The number of hydrogen-bond acceptors (Lipinski definition) is 2. The first-order valence-electron chi connectivity index (χ1n) is 3.27. The number of allylic oxidation sites excluding steroid dienone is 1. The Morgan fingerprint density at radius 3 is 2.75 bits per heavy atom. The molecule has 12 heavy (non-hydrogen) atoms. The number of halogens is 1. The summed E-state index contributed by atoms with van der Waals surface area (Å²) in [6, 6.07) is 0. The Labute approximate surface area is 69.1 Å². The average molecular weight is 169 g/mol. The topological polar surface area (TPSA) is 40.5 Å². The first-order chi connectivity index (χ1) is 5.52. The van der Waals surface area contributed by atoms with Gasteiger partial charge < -0.3 is 10.0 Å². The third kappa shape index (κ3) is 1.37. The number of hydrogen-bond donors (Lipinski definition) is 1. The van der Waals surface area contributed by atoms with Crippen molar-refractivity contribution in [3.05, 3.63) is 36.0 Å². The van der Waals surface area contributed by atoms with Gasteiger partial charge in [0.1, 0.15) is 5.83 Å². The fraction of sp³-hybridized carbons (Fsp3) is 0.125. The normalized spacial score (nSPS) is 17.2. The highest BCUT2D eigenvalue weighted by Crippen LogP contribution is 2.21. The van der Waals surface area contributed by atoms with Crippen LogP contribution in [0.1, 0.15) is 0 Å². The molecule has 0 saturated carbocycles. The lowest BCUT2D eigenvalue weighted by molar-refractivity contribution is -0.132. The third-order valence-electron chi connectivity index (χ3n) is 1.56. The fourth-order valence-electron chi connectivity index (χ4n) is 0.829. The van der Waals surface area contributed by atoms with Crippen LogP contribution in [0.25, 0.3) is 0 Å². The molecule has 0 bridgehead atoms. The van der Waals surface area contributed by atoms with Crippen LogP contribution in [0.3, 0.4) is 0 Å². The van der Waals surface area contributed by atoms with Crippen LogP contribution in [0.15, 0.2) is 36.0 Å². The van der Waals surface area contributed by atoms with Gasteiger partial charge in [-0.15, -0.1) is 0 Å². The Morgan fingerprint density at radius 2 is 2.33 bits per heavy atom. The largest absolute Gasteiger partial charge is 0.478 e.